The van der Waals surface area contributed by atoms with Gasteiger partial charge >= 0.3 is 0 Å². The second-order valence-electron chi connectivity index (χ2n) is 4.52. The maximum Gasteiger partial charge on any atom is 0.149 e. The van der Waals surface area contributed by atoms with Gasteiger partial charge in [0.15, 0.2) is 0 Å². The summed E-state index contributed by atoms with van der Waals surface area (Å²) in [5.74, 6) is 2.85. The number of carbonyl (C=O) groups excluding carboxylic acids is 1. The number of rotatable bonds is 3. The van der Waals surface area contributed by atoms with Crippen LogP contribution in [0.3, 0.4) is 0 Å². The molecule has 0 aromatic heterocycles. The first-order chi connectivity index (χ1) is 7.26. The van der Waals surface area contributed by atoms with Crippen LogP contribution in [0.15, 0.2) is 0 Å². The molecular weight excluding hydrogens is 210 g/mol. The molecule has 2 atom stereocenters. The molecule has 15 heavy (non-hydrogen) atoms. The second kappa shape index (κ2) is 4.85. The highest BCUT2D eigenvalue weighted by Crippen LogP contribution is 2.40. The summed E-state index contributed by atoms with van der Waals surface area (Å²) in [5.41, 5.74) is 0.0387. The predicted molar refractivity (Wildman–Crippen MR) is 62.3 cm³/mol. The molecule has 2 fully saturated rings. The first-order valence-electron chi connectivity index (χ1n) is 5.65. The van der Waals surface area contributed by atoms with Crippen molar-refractivity contribution in [3.63, 3.8) is 0 Å². The summed E-state index contributed by atoms with van der Waals surface area (Å²) >= 11 is 1.95. The molecule has 0 bridgehead atoms. The molecule has 4 heteroatoms. The Morgan fingerprint density at radius 1 is 1.67 bits per heavy atom. The van der Waals surface area contributed by atoms with Crippen molar-refractivity contribution >= 4 is 17.5 Å². The van der Waals surface area contributed by atoms with Crippen LogP contribution in [-0.4, -0.2) is 43.1 Å². The van der Waals surface area contributed by atoms with Gasteiger partial charge in [-0.15, -0.1) is 0 Å². The number of hydrogen-bond donors (Lipinski definition) is 1. The summed E-state index contributed by atoms with van der Waals surface area (Å²) < 4.78 is 5.89. The van der Waals surface area contributed by atoms with E-state index in [4.69, 9.17) is 4.74 Å². The number of thioether (sulfide) groups is 1. The molecule has 0 aliphatic carbocycles. The zero-order chi connectivity index (χ0) is 10.7. The van der Waals surface area contributed by atoms with E-state index in [1.54, 1.807) is 0 Å². The molecule has 3 nitrogen and oxygen atoms in total. The third kappa shape index (κ3) is 2.55. The van der Waals surface area contributed by atoms with Crippen LogP contribution < -0.4 is 5.32 Å². The number of nitrogens with one attached hydrogen (secondary N) is 1. The number of carbonyl (C=O) groups is 1. The van der Waals surface area contributed by atoms with Gasteiger partial charge in [0, 0.05) is 18.3 Å². The molecule has 2 heterocycles. The largest absolute Gasteiger partial charge is 0.374 e. The maximum atomic E-state index is 11.8. The van der Waals surface area contributed by atoms with Crippen LogP contribution in [-0.2, 0) is 9.53 Å². The smallest absolute Gasteiger partial charge is 0.149 e. The summed E-state index contributed by atoms with van der Waals surface area (Å²) in [7, 11) is 1.83. The lowest BCUT2D eigenvalue weighted by Gasteiger charge is -2.37. The number of hydrogen-bond acceptors (Lipinski definition) is 4. The molecular formula is C11H19NO2S. The minimum Gasteiger partial charge on any atom is -0.374 e. The van der Waals surface area contributed by atoms with Crippen LogP contribution in [0.1, 0.15) is 19.3 Å². The highest BCUT2D eigenvalue weighted by molar-refractivity contribution is 7.99. The van der Waals surface area contributed by atoms with Crippen molar-refractivity contribution in [1.82, 2.24) is 5.32 Å². The number of ketones is 1. The lowest BCUT2D eigenvalue weighted by Crippen LogP contribution is -2.43. The fraction of sp³-hybridized carbons (Fsp3) is 0.909. The Hall–Kier alpha value is -0.0600. The Balaban J connectivity index is 1.94. The molecule has 0 aromatic carbocycles. The van der Waals surface area contributed by atoms with E-state index in [9.17, 15) is 4.79 Å². The fourth-order valence-electron chi connectivity index (χ4n) is 2.48. The molecule has 86 valence electrons. The van der Waals surface area contributed by atoms with Gasteiger partial charge < -0.3 is 10.1 Å². The van der Waals surface area contributed by atoms with Crippen molar-refractivity contribution in [3.8, 4) is 0 Å². The molecule has 1 spiro atoms. The van der Waals surface area contributed by atoms with Crippen molar-refractivity contribution in [2.75, 3.05) is 31.7 Å². The Kier molecular flexibility index (Phi) is 3.69. The van der Waals surface area contributed by atoms with E-state index in [0.29, 0.717) is 12.3 Å². The van der Waals surface area contributed by atoms with Crippen LogP contribution in [0.25, 0.3) is 0 Å². The topological polar surface area (TPSA) is 38.3 Å². The Morgan fingerprint density at radius 2 is 2.53 bits per heavy atom. The van der Waals surface area contributed by atoms with Gasteiger partial charge in [-0.1, -0.05) is 0 Å². The SMILES string of the molecule is CNCC(=O)C1CCOC2(CCSC2)C1. The number of likely N-dealkylation sites (N-methyl/N-ethyl adjacent to an activating group) is 1. The maximum absolute atomic E-state index is 11.8. The van der Waals surface area contributed by atoms with Crippen LogP contribution >= 0.6 is 11.8 Å². The molecule has 0 radical (unpaired) electrons. The highest BCUT2D eigenvalue weighted by Gasteiger charge is 2.41. The van der Waals surface area contributed by atoms with Gasteiger partial charge in [-0.05, 0) is 32.1 Å². The molecule has 1 N–H and O–H groups in total. The van der Waals surface area contributed by atoms with Crippen molar-refractivity contribution in [2.24, 2.45) is 5.92 Å². The summed E-state index contributed by atoms with van der Waals surface area (Å²) in [6.45, 7) is 1.27. The van der Waals surface area contributed by atoms with Crippen molar-refractivity contribution in [1.29, 1.82) is 0 Å². The van der Waals surface area contributed by atoms with Crippen LogP contribution in [0.2, 0.25) is 0 Å². The molecule has 2 saturated heterocycles. The van der Waals surface area contributed by atoms with Gasteiger partial charge in [-0.25, -0.2) is 0 Å². The summed E-state index contributed by atoms with van der Waals surface area (Å²) in [6.07, 6.45) is 2.98. The molecule has 2 rings (SSSR count). The van der Waals surface area contributed by atoms with Gasteiger partial charge in [0.25, 0.3) is 0 Å². The lowest BCUT2D eigenvalue weighted by molar-refractivity contribution is -0.133. The fourth-order valence-corrected chi connectivity index (χ4v) is 3.86. The molecule has 2 aliphatic rings. The van der Waals surface area contributed by atoms with E-state index in [0.717, 1.165) is 31.6 Å². The summed E-state index contributed by atoms with van der Waals surface area (Å²) in [4.78, 5) is 11.8. The monoisotopic (exact) mass is 229 g/mol. The quantitative estimate of drug-likeness (QED) is 0.786. The molecule has 2 aliphatic heterocycles. The van der Waals surface area contributed by atoms with Crippen LogP contribution in [0, 0.1) is 5.92 Å². The van der Waals surface area contributed by atoms with Gasteiger partial charge in [-0.2, -0.15) is 11.8 Å². The number of Topliss-reactive ketones (excluding diaryl/α,β-unsaturated/α-hetero) is 1. The number of ether oxygens (including phenoxy) is 1. The zero-order valence-electron chi connectivity index (χ0n) is 9.25. The van der Waals surface area contributed by atoms with E-state index < -0.39 is 0 Å². The van der Waals surface area contributed by atoms with E-state index in [-0.39, 0.29) is 11.5 Å². The molecule has 0 saturated carbocycles. The summed E-state index contributed by atoms with van der Waals surface area (Å²) in [5, 5.41) is 2.95. The Labute approximate surface area is 95.3 Å². The van der Waals surface area contributed by atoms with Gasteiger partial charge in [0.05, 0.1) is 12.1 Å². The van der Waals surface area contributed by atoms with Crippen LogP contribution in [0.4, 0.5) is 0 Å². The first-order valence-corrected chi connectivity index (χ1v) is 6.80. The summed E-state index contributed by atoms with van der Waals surface area (Å²) in [6, 6.07) is 0. The van der Waals surface area contributed by atoms with Crippen molar-refractivity contribution in [2.45, 2.75) is 24.9 Å². The average Bonchev–Trinajstić information content (AvgIpc) is 2.67. The first kappa shape index (κ1) is 11.4. The molecule has 0 aromatic rings. The minimum absolute atomic E-state index is 0.0387. The van der Waals surface area contributed by atoms with E-state index in [1.165, 1.54) is 5.75 Å². The van der Waals surface area contributed by atoms with Gasteiger partial charge in [0.1, 0.15) is 5.78 Å². The highest BCUT2D eigenvalue weighted by atomic mass is 32.2. The van der Waals surface area contributed by atoms with E-state index in [2.05, 4.69) is 5.32 Å². The predicted octanol–water partition coefficient (Wildman–Crippen LogP) is 1.08. The van der Waals surface area contributed by atoms with Crippen LogP contribution in [0.5, 0.6) is 0 Å². The average molecular weight is 229 g/mol. The van der Waals surface area contributed by atoms with E-state index in [1.807, 2.05) is 18.8 Å². The van der Waals surface area contributed by atoms with E-state index >= 15 is 0 Å². The third-order valence-electron chi connectivity index (χ3n) is 3.37. The normalized spacial score (nSPS) is 35.9. The van der Waals surface area contributed by atoms with Gasteiger partial charge in [-0.3, -0.25) is 4.79 Å². The Morgan fingerprint density at radius 3 is 3.20 bits per heavy atom. The minimum atomic E-state index is 0.0387. The third-order valence-corrected chi connectivity index (χ3v) is 4.59. The standard InChI is InChI=1S/C11H19NO2S/c1-12-7-10(13)9-2-4-14-11(6-9)3-5-15-8-11/h9,12H,2-8H2,1H3. The zero-order valence-corrected chi connectivity index (χ0v) is 10.1. The molecule has 2 unspecified atom stereocenters. The molecule has 0 amide bonds. The van der Waals surface area contributed by atoms with Crippen molar-refractivity contribution in [3.05, 3.63) is 0 Å². The second-order valence-corrected chi connectivity index (χ2v) is 5.63. The lowest BCUT2D eigenvalue weighted by atomic mass is 9.83. The van der Waals surface area contributed by atoms with Gasteiger partial charge in [0.2, 0.25) is 0 Å². The van der Waals surface area contributed by atoms with Crippen molar-refractivity contribution < 1.29 is 9.53 Å². The Bertz CT molecular complexity index is 239.